The van der Waals surface area contributed by atoms with Crippen LogP contribution < -0.4 is 0 Å². The van der Waals surface area contributed by atoms with Crippen LogP contribution in [0.15, 0.2) is 20.7 Å². The first-order valence-corrected chi connectivity index (χ1v) is 7.76. The second-order valence-corrected chi connectivity index (χ2v) is 6.77. The van der Waals surface area contributed by atoms with Crippen LogP contribution in [-0.4, -0.2) is 24.0 Å². The van der Waals surface area contributed by atoms with Gasteiger partial charge < -0.3 is 0 Å². The van der Waals surface area contributed by atoms with Gasteiger partial charge in [-0.2, -0.15) is 13.5 Å². The molecular formula is C10H8ClN3O2S2. The van der Waals surface area contributed by atoms with Crippen molar-refractivity contribution in [2.75, 3.05) is 0 Å². The number of hydrogen-bond acceptors (Lipinski definition) is 4. The van der Waals surface area contributed by atoms with Crippen molar-refractivity contribution in [2.24, 2.45) is 4.40 Å². The lowest BCUT2D eigenvalue weighted by Gasteiger charge is -2.01. The number of thiophene rings is 1. The van der Waals surface area contributed by atoms with Gasteiger partial charge in [-0.1, -0.05) is 11.6 Å². The Morgan fingerprint density at radius 1 is 1.39 bits per heavy atom. The zero-order valence-electron chi connectivity index (χ0n) is 9.51. The Morgan fingerprint density at radius 3 is 2.72 bits per heavy atom. The van der Waals surface area contributed by atoms with Gasteiger partial charge in [0, 0.05) is 0 Å². The quantitative estimate of drug-likeness (QED) is 0.749. The molecule has 0 fully saturated rings. The third-order valence-corrected chi connectivity index (χ3v) is 5.62. The highest BCUT2D eigenvalue weighted by Gasteiger charge is 2.32. The molecule has 0 radical (unpaired) electrons. The van der Waals surface area contributed by atoms with Crippen LogP contribution in [0.4, 0.5) is 0 Å². The second-order valence-electron chi connectivity index (χ2n) is 3.90. The molecule has 2 aromatic rings. The molecule has 8 heteroatoms. The Hall–Kier alpha value is -1.18. The second kappa shape index (κ2) is 3.66. The highest BCUT2D eigenvalue weighted by Crippen LogP contribution is 2.32. The molecule has 0 N–H and O–H groups in total. The molecule has 94 valence electrons. The molecule has 0 aromatic carbocycles. The lowest BCUT2D eigenvalue weighted by molar-refractivity contribution is 0.599. The van der Waals surface area contributed by atoms with Gasteiger partial charge in [0.2, 0.25) is 0 Å². The lowest BCUT2D eigenvalue weighted by atomic mass is 10.4. The summed E-state index contributed by atoms with van der Waals surface area (Å²) in [5.74, 6) is 0.326. The number of aryl methyl sites for hydroxylation is 1. The lowest BCUT2D eigenvalue weighted by Crippen LogP contribution is -2.13. The molecular weight excluding hydrogens is 294 g/mol. The molecule has 0 bridgehead atoms. The van der Waals surface area contributed by atoms with Crippen LogP contribution >= 0.6 is 22.9 Å². The summed E-state index contributed by atoms with van der Waals surface area (Å²) in [6.45, 7) is 3.55. The van der Waals surface area contributed by atoms with Crippen LogP contribution in [0.3, 0.4) is 0 Å². The van der Waals surface area contributed by atoms with E-state index in [1.165, 1.54) is 16.0 Å². The summed E-state index contributed by atoms with van der Waals surface area (Å²) < 4.78 is 29.0. The van der Waals surface area contributed by atoms with Gasteiger partial charge in [0.05, 0.1) is 21.3 Å². The maximum Gasteiger partial charge on any atom is 0.285 e. The molecule has 3 rings (SSSR count). The average molecular weight is 302 g/mol. The number of rotatable bonds is 0. The van der Waals surface area contributed by atoms with Crippen LogP contribution in [0, 0.1) is 13.8 Å². The molecule has 5 nitrogen and oxygen atoms in total. The number of nitrogens with zero attached hydrogens (tertiary/aromatic N) is 3. The van der Waals surface area contributed by atoms with Crippen molar-refractivity contribution in [3.05, 3.63) is 32.7 Å². The predicted octanol–water partition coefficient (Wildman–Crippen LogP) is 2.21. The molecule has 1 aliphatic rings. The van der Waals surface area contributed by atoms with Gasteiger partial charge >= 0.3 is 0 Å². The zero-order valence-corrected chi connectivity index (χ0v) is 11.9. The number of aromatic nitrogens is 2. The SMILES string of the molecule is Cc1nn(C2=NS(=O)(=O)c3ccsc32)c(C)c1Cl. The smallest absolute Gasteiger partial charge is 0.216 e. The van der Waals surface area contributed by atoms with E-state index in [0.29, 0.717) is 27.1 Å². The summed E-state index contributed by atoms with van der Waals surface area (Å²) in [4.78, 5) is 0.850. The van der Waals surface area contributed by atoms with Crippen molar-refractivity contribution in [3.8, 4) is 0 Å². The number of halogens is 1. The van der Waals surface area contributed by atoms with Gasteiger partial charge in [-0.15, -0.1) is 15.7 Å². The summed E-state index contributed by atoms with van der Waals surface area (Å²) in [5, 5.41) is 6.49. The van der Waals surface area contributed by atoms with Gasteiger partial charge in [0.1, 0.15) is 4.90 Å². The minimum Gasteiger partial charge on any atom is -0.216 e. The van der Waals surface area contributed by atoms with Gasteiger partial charge in [-0.05, 0) is 25.3 Å². The Bertz CT molecular complexity index is 786. The summed E-state index contributed by atoms with van der Waals surface area (Å²) in [6.07, 6.45) is 0. The molecule has 0 spiro atoms. The molecule has 0 saturated carbocycles. The predicted molar refractivity (Wildman–Crippen MR) is 70.2 cm³/mol. The Labute approximate surface area is 113 Å². The van der Waals surface area contributed by atoms with E-state index in [4.69, 9.17) is 11.6 Å². The third kappa shape index (κ3) is 1.47. The Kier molecular flexibility index (Phi) is 2.42. The number of sulfonamides is 1. The highest BCUT2D eigenvalue weighted by atomic mass is 35.5. The molecule has 0 aliphatic carbocycles. The standard InChI is InChI=1S/C10H8ClN3O2S2/c1-5-8(11)6(2)14(12-5)10-9-7(3-4-17-9)18(15,16)13-10/h3-4H,1-2H3. The van der Waals surface area contributed by atoms with Gasteiger partial charge in [0.15, 0.2) is 5.84 Å². The Balaban J connectivity index is 2.30. The first kappa shape index (κ1) is 11.9. The fourth-order valence-electron chi connectivity index (χ4n) is 1.83. The van der Waals surface area contributed by atoms with Crippen LogP contribution in [0.25, 0.3) is 0 Å². The van der Waals surface area contributed by atoms with Crippen LogP contribution in [0.5, 0.6) is 0 Å². The molecule has 18 heavy (non-hydrogen) atoms. The third-order valence-electron chi connectivity index (χ3n) is 2.72. The van der Waals surface area contributed by atoms with Crippen LogP contribution in [0.1, 0.15) is 16.3 Å². The van der Waals surface area contributed by atoms with Crippen molar-refractivity contribution in [3.63, 3.8) is 0 Å². The summed E-state index contributed by atoms with van der Waals surface area (Å²) >= 11 is 7.39. The van der Waals surface area contributed by atoms with E-state index >= 15 is 0 Å². The maximum atomic E-state index is 11.8. The van der Waals surface area contributed by atoms with Crippen LogP contribution in [-0.2, 0) is 10.0 Å². The van der Waals surface area contributed by atoms with Crippen molar-refractivity contribution in [1.29, 1.82) is 0 Å². The summed E-state index contributed by atoms with van der Waals surface area (Å²) in [7, 11) is -3.59. The van der Waals surface area contributed by atoms with Crippen LogP contribution in [0.2, 0.25) is 5.02 Å². The molecule has 2 aromatic heterocycles. The minimum absolute atomic E-state index is 0.242. The largest absolute Gasteiger partial charge is 0.285 e. The first-order chi connectivity index (χ1) is 8.42. The zero-order chi connectivity index (χ0) is 13.1. The first-order valence-electron chi connectivity index (χ1n) is 5.07. The van der Waals surface area contributed by atoms with E-state index in [2.05, 4.69) is 9.50 Å². The van der Waals surface area contributed by atoms with Crippen molar-refractivity contribution in [2.45, 2.75) is 18.7 Å². The molecule has 3 heterocycles. The topological polar surface area (TPSA) is 64.3 Å². The summed E-state index contributed by atoms with van der Waals surface area (Å²) in [5.41, 5.74) is 1.34. The van der Waals surface area contributed by atoms with E-state index in [0.717, 1.165) is 0 Å². The fraction of sp³-hybridized carbons (Fsp3) is 0.200. The molecule has 0 saturated heterocycles. The molecule has 0 atom stereocenters. The number of hydrogen-bond donors (Lipinski definition) is 0. The fourth-order valence-corrected chi connectivity index (χ4v) is 4.38. The van der Waals surface area contributed by atoms with E-state index in [9.17, 15) is 8.42 Å². The van der Waals surface area contributed by atoms with Crippen molar-refractivity contribution < 1.29 is 8.42 Å². The van der Waals surface area contributed by atoms with E-state index in [1.54, 1.807) is 25.3 Å². The monoisotopic (exact) mass is 301 g/mol. The van der Waals surface area contributed by atoms with E-state index in [-0.39, 0.29) is 4.90 Å². The summed E-state index contributed by atoms with van der Waals surface area (Å²) in [6, 6.07) is 1.55. The highest BCUT2D eigenvalue weighted by molar-refractivity contribution is 7.91. The van der Waals surface area contributed by atoms with Gasteiger partial charge in [0.25, 0.3) is 10.0 Å². The van der Waals surface area contributed by atoms with Crippen molar-refractivity contribution in [1.82, 2.24) is 9.78 Å². The number of fused-ring (bicyclic) bond motifs is 1. The molecule has 0 amide bonds. The van der Waals surface area contributed by atoms with E-state index in [1.807, 2.05) is 0 Å². The van der Waals surface area contributed by atoms with Gasteiger partial charge in [-0.25, -0.2) is 4.68 Å². The minimum atomic E-state index is -3.59. The maximum absolute atomic E-state index is 11.8. The van der Waals surface area contributed by atoms with Crippen molar-refractivity contribution >= 4 is 38.8 Å². The Morgan fingerprint density at radius 2 is 2.11 bits per heavy atom. The van der Waals surface area contributed by atoms with E-state index < -0.39 is 10.0 Å². The molecule has 1 aliphatic heterocycles. The van der Waals surface area contributed by atoms with Gasteiger partial charge in [-0.3, -0.25) is 0 Å². The normalized spacial score (nSPS) is 16.7. The molecule has 0 unspecified atom stereocenters. The average Bonchev–Trinajstić information content (AvgIpc) is 2.93.